The number of carbonyl (C=O) groups excluding carboxylic acids is 1. The summed E-state index contributed by atoms with van der Waals surface area (Å²) < 4.78 is 0. The average Bonchev–Trinajstić information content (AvgIpc) is 2.76. The molecule has 0 aromatic heterocycles. The van der Waals surface area contributed by atoms with Crippen LogP contribution < -0.4 is 11.1 Å². The van der Waals surface area contributed by atoms with E-state index in [1.165, 1.54) is 63.5 Å². The monoisotopic (exact) mass is 482 g/mol. The summed E-state index contributed by atoms with van der Waals surface area (Å²) in [7, 11) is 0. The topological polar surface area (TPSA) is 167 Å². The quantitative estimate of drug-likeness (QED) is 0.173. The van der Waals surface area contributed by atoms with Gasteiger partial charge >= 0.3 is 11.9 Å². The lowest BCUT2D eigenvalue weighted by molar-refractivity contribution is -0.138. The summed E-state index contributed by atoms with van der Waals surface area (Å²) in [4.78, 5) is 40.8. The van der Waals surface area contributed by atoms with Gasteiger partial charge < -0.3 is 26.4 Å². The van der Waals surface area contributed by atoms with Crippen LogP contribution in [-0.4, -0.2) is 45.7 Å². The molecular formula is C25H42N2O7. The zero-order valence-corrected chi connectivity index (χ0v) is 20.6. The molecule has 0 spiro atoms. The second-order valence-corrected chi connectivity index (χ2v) is 7.87. The first-order valence-electron chi connectivity index (χ1n) is 11.9. The molecular weight excluding hydrogens is 440 g/mol. The van der Waals surface area contributed by atoms with E-state index in [0.717, 1.165) is 19.8 Å². The third-order valence-electron chi connectivity index (χ3n) is 4.58. The Bertz CT molecular complexity index is 687. The van der Waals surface area contributed by atoms with Crippen LogP contribution in [0.4, 0.5) is 5.69 Å². The Labute approximate surface area is 202 Å². The van der Waals surface area contributed by atoms with Crippen LogP contribution in [0.25, 0.3) is 0 Å². The number of hydrogen-bond acceptors (Lipinski definition) is 5. The summed E-state index contributed by atoms with van der Waals surface area (Å²) in [6.07, 6.45) is 12.8. The molecule has 0 aliphatic heterocycles. The van der Waals surface area contributed by atoms with Crippen LogP contribution >= 0.6 is 0 Å². The number of benzene rings is 1. The SMILES string of the molecule is CC(=O)O.CCCCCCCCCCCCNC(=O)CCC(=O)O.Nc1ccc(C(=O)O)cc1. The Kier molecular flexibility index (Phi) is 22.4. The zero-order chi connectivity index (χ0) is 26.2. The fraction of sp³-hybridized carbons (Fsp3) is 0.600. The molecule has 0 aliphatic carbocycles. The number of anilines is 1. The molecule has 1 rings (SSSR count). The number of nitrogens with two attached hydrogens (primary N) is 1. The number of carboxylic acid groups (broad SMARTS) is 3. The van der Waals surface area contributed by atoms with Crippen molar-refractivity contribution in [2.75, 3.05) is 12.3 Å². The molecule has 0 radical (unpaired) electrons. The highest BCUT2D eigenvalue weighted by Crippen LogP contribution is 2.10. The lowest BCUT2D eigenvalue weighted by atomic mass is 10.1. The highest BCUT2D eigenvalue weighted by Gasteiger charge is 2.04. The number of amides is 1. The Morgan fingerprint density at radius 3 is 1.62 bits per heavy atom. The number of carbonyl (C=O) groups is 4. The van der Waals surface area contributed by atoms with Crippen LogP contribution in [0.3, 0.4) is 0 Å². The second-order valence-electron chi connectivity index (χ2n) is 7.87. The van der Waals surface area contributed by atoms with Gasteiger partial charge in [0.1, 0.15) is 0 Å². The van der Waals surface area contributed by atoms with E-state index in [2.05, 4.69) is 12.2 Å². The van der Waals surface area contributed by atoms with E-state index in [-0.39, 0.29) is 24.3 Å². The Morgan fingerprint density at radius 2 is 1.21 bits per heavy atom. The number of nitrogens with one attached hydrogen (secondary N) is 1. The zero-order valence-electron chi connectivity index (χ0n) is 20.6. The minimum absolute atomic E-state index is 0.0795. The van der Waals surface area contributed by atoms with E-state index in [1.807, 2.05) is 0 Å². The number of nitrogen functional groups attached to an aromatic ring is 1. The van der Waals surface area contributed by atoms with Crippen molar-refractivity contribution in [2.24, 2.45) is 0 Å². The third kappa shape index (κ3) is 26.9. The fourth-order valence-electron chi connectivity index (χ4n) is 2.77. The van der Waals surface area contributed by atoms with Crippen molar-refractivity contribution in [1.29, 1.82) is 0 Å². The summed E-state index contributed by atoms with van der Waals surface area (Å²) in [6, 6.07) is 6.06. The van der Waals surface area contributed by atoms with Gasteiger partial charge in [0.25, 0.3) is 5.97 Å². The largest absolute Gasteiger partial charge is 0.481 e. The van der Waals surface area contributed by atoms with Crippen molar-refractivity contribution < 1.29 is 34.5 Å². The van der Waals surface area contributed by atoms with Gasteiger partial charge in [-0.05, 0) is 30.7 Å². The molecule has 0 aliphatic rings. The van der Waals surface area contributed by atoms with Crippen molar-refractivity contribution in [3.63, 3.8) is 0 Å². The van der Waals surface area contributed by atoms with Crippen LogP contribution in [-0.2, 0) is 14.4 Å². The first-order valence-corrected chi connectivity index (χ1v) is 11.9. The fourth-order valence-corrected chi connectivity index (χ4v) is 2.77. The standard InChI is InChI=1S/C16H31NO3.C7H7NO2.C2H4O2/c1-2-3-4-5-6-7-8-9-10-11-14-17-15(18)12-13-16(19)20;8-6-3-1-5(2-4-6)7(9)10;1-2(3)4/h2-14H2,1H3,(H,17,18)(H,19,20);1-4H,8H2,(H,9,10);1H3,(H,3,4). The van der Waals surface area contributed by atoms with Gasteiger partial charge in [0.05, 0.1) is 12.0 Å². The maximum atomic E-state index is 11.2. The first-order chi connectivity index (χ1) is 16.1. The van der Waals surface area contributed by atoms with Crippen molar-refractivity contribution in [1.82, 2.24) is 5.32 Å². The van der Waals surface area contributed by atoms with Crippen LogP contribution in [0.15, 0.2) is 24.3 Å². The smallest absolute Gasteiger partial charge is 0.335 e. The molecule has 0 atom stereocenters. The molecule has 9 heteroatoms. The second kappa shape index (κ2) is 23.1. The number of hydrogen-bond donors (Lipinski definition) is 5. The van der Waals surface area contributed by atoms with Crippen molar-refractivity contribution in [3.8, 4) is 0 Å². The Morgan fingerprint density at radius 1 is 0.765 bits per heavy atom. The predicted molar refractivity (Wildman–Crippen MR) is 133 cm³/mol. The molecule has 0 heterocycles. The van der Waals surface area contributed by atoms with Crippen molar-refractivity contribution >= 4 is 29.5 Å². The van der Waals surface area contributed by atoms with Crippen molar-refractivity contribution in [2.45, 2.75) is 90.9 Å². The molecule has 0 bridgehead atoms. The van der Waals surface area contributed by atoms with E-state index in [1.54, 1.807) is 12.1 Å². The van der Waals surface area contributed by atoms with Crippen LogP contribution in [0.2, 0.25) is 0 Å². The van der Waals surface area contributed by atoms with E-state index in [0.29, 0.717) is 12.2 Å². The van der Waals surface area contributed by atoms with Gasteiger partial charge in [-0.15, -0.1) is 0 Å². The molecule has 0 saturated carbocycles. The lowest BCUT2D eigenvalue weighted by Gasteiger charge is -2.04. The van der Waals surface area contributed by atoms with Gasteiger partial charge in [-0.25, -0.2) is 4.79 Å². The first kappa shape index (κ1) is 33.1. The van der Waals surface area contributed by atoms with Crippen LogP contribution in [0, 0.1) is 0 Å². The number of aromatic carboxylic acids is 1. The predicted octanol–water partition coefficient (Wildman–Crippen LogP) is 4.95. The van der Waals surface area contributed by atoms with E-state index < -0.39 is 17.9 Å². The van der Waals surface area contributed by atoms with Gasteiger partial charge in [0, 0.05) is 25.6 Å². The van der Waals surface area contributed by atoms with Gasteiger partial charge in [-0.3, -0.25) is 14.4 Å². The van der Waals surface area contributed by atoms with E-state index >= 15 is 0 Å². The molecule has 0 unspecified atom stereocenters. The third-order valence-corrected chi connectivity index (χ3v) is 4.58. The number of rotatable bonds is 15. The highest BCUT2D eigenvalue weighted by atomic mass is 16.4. The highest BCUT2D eigenvalue weighted by molar-refractivity contribution is 5.87. The van der Waals surface area contributed by atoms with Gasteiger partial charge in [-0.1, -0.05) is 64.7 Å². The molecule has 1 amide bonds. The minimum Gasteiger partial charge on any atom is -0.481 e. The molecule has 194 valence electrons. The van der Waals surface area contributed by atoms with Crippen molar-refractivity contribution in [3.05, 3.63) is 29.8 Å². The number of unbranched alkanes of at least 4 members (excludes halogenated alkanes) is 9. The minimum atomic E-state index is -0.931. The molecule has 1 aromatic rings. The molecule has 34 heavy (non-hydrogen) atoms. The maximum absolute atomic E-state index is 11.2. The Hall–Kier alpha value is -3.10. The lowest BCUT2D eigenvalue weighted by Crippen LogP contribution is -2.24. The normalized spacial score (nSPS) is 9.59. The number of carboxylic acids is 3. The molecule has 0 saturated heterocycles. The molecule has 0 fully saturated rings. The summed E-state index contributed by atoms with van der Waals surface area (Å²) in [5.74, 6) is -2.83. The van der Waals surface area contributed by atoms with Gasteiger partial charge in [0.2, 0.25) is 5.91 Å². The molecule has 9 nitrogen and oxygen atoms in total. The average molecular weight is 483 g/mol. The summed E-state index contributed by atoms with van der Waals surface area (Å²) in [5, 5.41) is 27.1. The van der Waals surface area contributed by atoms with E-state index in [4.69, 9.17) is 25.8 Å². The summed E-state index contributed by atoms with van der Waals surface area (Å²) in [6.45, 7) is 4.00. The number of aliphatic carboxylic acids is 2. The van der Waals surface area contributed by atoms with Crippen LogP contribution in [0.1, 0.15) is 101 Å². The van der Waals surface area contributed by atoms with Gasteiger partial charge in [-0.2, -0.15) is 0 Å². The molecule has 1 aromatic carbocycles. The molecule has 6 N–H and O–H groups in total. The Balaban J connectivity index is 0. The maximum Gasteiger partial charge on any atom is 0.335 e. The summed E-state index contributed by atoms with van der Waals surface area (Å²) >= 11 is 0. The van der Waals surface area contributed by atoms with Crippen LogP contribution in [0.5, 0.6) is 0 Å². The summed E-state index contributed by atoms with van der Waals surface area (Å²) in [5.41, 5.74) is 6.17. The van der Waals surface area contributed by atoms with Gasteiger partial charge in [0.15, 0.2) is 0 Å². The van der Waals surface area contributed by atoms with E-state index in [9.17, 15) is 14.4 Å².